The lowest BCUT2D eigenvalue weighted by molar-refractivity contribution is 0.457. The third-order valence-electron chi connectivity index (χ3n) is 4.13. The Morgan fingerprint density at radius 1 is 0.821 bits per heavy atom. The molecule has 0 saturated heterocycles. The van der Waals surface area contributed by atoms with Crippen molar-refractivity contribution < 1.29 is 13.2 Å². The Kier molecular flexibility index (Phi) is 4.68. The van der Waals surface area contributed by atoms with Crippen molar-refractivity contribution in [3.05, 3.63) is 91.0 Å². The number of aromatic nitrogens is 2. The Bertz CT molecular complexity index is 1190. The largest absolute Gasteiger partial charge is 0.438 e. The molecule has 28 heavy (non-hydrogen) atoms. The first kappa shape index (κ1) is 18.0. The van der Waals surface area contributed by atoms with Crippen molar-refractivity contribution in [2.45, 2.75) is 4.90 Å². The van der Waals surface area contributed by atoms with Gasteiger partial charge in [0.1, 0.15) is 5.75 Å². The molecule has 0 bridgehead atoms. The predicted octanol–water partition coefficient (Wildman–Crippen LogP) is 3.98. The molecule has 0 radical (unpaired) electrons. The van der Waals surface area contributed by atoms with Crippen LogP contribution in [0.3, 0.4) is 0 Å². The third-order valence-corrected chi connectivity index (χ3v) is 5.06. The van der Waals surface area contributed by atoms with E-state index in [-0.39, 0.29) is 4.90 Å². The highest BCUT2D eigenvalue weighted by molar-refractivity contribution is 7.89. The monoisotopic (exact) mass is 391 g/mol. The first-order valence-corrected chi connectivity index (χ1v) is 10.1. The third kappa shape index (κ3) is 3.80. The number of ether oxygens (including phenoxy) is 1. The molecule has 3 aromatic carbocycles. The van der Waals surface area contributed by atoms with Crippen LogP contribution in [0.4, 0.5) is 0 Å². The van der Waals surface area contributed by atoms with Crippen LogP contribution in [-0.2, 0) is 10.0 Å². The van der Waals surface area contributed by atoms with Gasteiger partial charge in [0.25, 0.3) is 0 Å². The lowest BCUT2D eigenvalue weighted by atomic mass is 10.1. The Morgan fingerprint density at radius 3 is 2.04 bits per heavy atom. The van der Waals surface area contributed by atoms with Crippen LogP contribution in [0.15, 0.2) is 95.9 Å². The number of benzene rings is 3. The average Bonchev–Trinajstić information content (AvgIpc) is 3.13. The van der Waals surface area contributed by atoms with E-state index in [1.54, 1.807) is 16.8 Å². The van der Waals surface area contributed by atoms with Gasteiger partial charge in [0.2, 0.25) is 15.9 Å². The van der Waals surface area contributed by atoms with Gasteiger partial charge < -0.3 is 4.74 Å². The fourth-order valence-corrected chi connectivity index (χ4v) is 3.32. The fourth-order valence-electron chi connectivity index (χ4n) is 2.81. The molecule has 0 fully saturated rings. The van der Waals surface area contributed by atoms with Crippen LogP contribution in [-0.4, -0.2) is 18.2 Å². The SMILES string of the molecule is NS(=O)(=O)c1ccc(-n2nc(Oc3ccccc3)cc2-c2ccccc2)cc1. The van der Waals surface area contributed by atoms with E-state index in [2.05, 4.69) is 5.10 Å². The minimum atomic E-state index is -3.75. The van der Waals surface area contributed by atoms with E-state index >= 15 is 0 Å². The minimum Gasteiger partial charge on any atom is -0.438 e. The average molecular weight is 391 g/mol. The van der Waals surface area contributed by atoms with Crippen molar-refractivity contribution in [2.75, 3.05) is 0 Å². The van der Waals surface area contributed by atoms with Crippen LogP contribution in [0.2, 0.25) is 0 Å². The zero-order chi connectivity index (χ0) is 19.6. The predicted molar refractivity (Wildman–Crippen MR) is 107 cm³/mol. The van der Waals surface area contributed by atoms with Crippen LogP contribution < -0.4 is 9.88 Å². The van der Waals surface area contributed by atoms with Crippen molar-refractivity contribution in [1.29, 1.82) is 0 Å². The van der Waals surface area contributed by atoms with Crippen molar-refractivity contribution in [2.24, 2.45) is 5.14 Å². The molecule has 0 saturated carbocycles. The van der Waals surface area contributed by atoms with Gasteiger partial charge >= 0.3 is 0 Å². The highest BCUT2D eigenvalue weighted by Gasteiger charge is 2.14. The van der Waals surface area contributed by atoms with Gasteiger partial charge in [-0.1, -0.05) is 48.5 Å². The normalized spacial score (nSPS) is 11.3. The van der Waals surface area contributed by atoms with E-state index in [1.165, 1.54) is 12.1 Å². The standard InChI is InChI=1S/C21H17N3O3S/c22-28(25,26)19-13-11-17(12-14-19)24-20(16-7-3-1-4-8-16)15-21(23-24)27-18-9-5-2-6-10-18/h1-15H,(H2,22,25,26). The molecule has 0 spiro atoms. The van der Waals surface area contributed by atoms with Gasteiger partial charge in [0, 0.05) is 11.6 Å². The lowest BCUT2D eigenvalue weighted by Gasteiger charge is -2.08. The smallest absolute Gasteiger partial charge is 0.239 e. The Labute approximate surface area is 162 Å². The van der Waals surface area contributed by atoms with E-state index < -0.39 is 10.0 Å². The molecule has 1 heterocycles. The molecular weight excluding hydrogens is 374 g/mol. The summed E-state index contributed by atoms with van der Waals surface area (Å²) in [7, 11) is -3.75. The van der Waals surface area contributed by atoms with Crippen molar-refractivity contribution in [3.8, 4) is 28.6 Å². The summed E-state index contributed by atoms with van der Waals surface area (Å²) in [5, 5.41) is 9.74. The number of sulfonamides is 1. The second kappa shape index (κ2) is 7.30. The summed E-state index contributed by atoms with van der Waals surface area (Å²) in [5.74, 6) is 1.11. The van der Waals surface area contributed by atoms with Crippen LogP contribution in [0, 0.1) is 0 Å². The Hall–Kier alpha value is -3.42. The van der Waals surface area contributed by atoms with Crippen molar-refractivity contribution in [1.82, 2.24) is 9.78 Å². The quantitative estimate of drug-likeness (QED) is 0.557. The maximum absolute atomic E-state index is 11.5. The van der Waals surface area contributed by atoms with Gasteiger partial charge in [-0.05, 0) is 36.4 Å². The maximum Gasteiger partial charge on any atom is 0.239 e. The second-order valence-electron chi connectivity index (χ2n) is 6.10. The summed E-state index contributed by atoms with van der Waals surface area (Å²) in [6.07, 6.45) is 0. The molecule has 0 aliphatic rings. The molecule has 6 nitrogen and oxygen atoms in total. The zero-order valence-corrected chi connectivity index (χ0v) is 15.6. The van der Waals surface area contributed by atoms with E-state index in [0.29, 0.717) is 17.3 Å². The molecule has 0 unspecified atom stereocenters. The van der Waals surface area contributed by atoms with Gasteiger partial charge in [-0.25, -0.2) is 18.2 Å². The molecular formula is C21H17N3O3S. The lowest BCUT2D eigenvalue weighted by Crippen LogP contribution is -2.12. The van der Waals surface area contributed by atoms with E-state index in [0.717, 1.165) is 11.3 Å². The molecule has 0 aliphatic heterocycles. The summed E-state index contributed by atoms with van der Waals surface area (Å²) in [5.41, 5.74) is 2.46. The number of nitrogens with zero attached hydrogens (tertiary/aromatic N) is 2. The molecule has 1 aromatic heterocycles. The van der Waals surface area contributed by atoms with Gasteiger partial charge in [-0.2, -0.15) is 0 Å². The van der Waals surface area contributed by atoms with Crippen LogP contribution in [0.5, 0.6) is 11.6 Å². The summed E-state index contributed by atoms with van der Waals surface area (Å²) in [6.45, 7) is 0. The van der Waals surface area contributed by atoms with Crippen molar-refractivity contribution >= 4 is 10.0 Å². The molecule has 0 atom stereocenters. The fraction of sp³-hybridized carbons (Fsp3) is 0. The number of primary sulfonamides is 1. The Morgan fingerprint density at radius 2 is 1.43 bits per heavy atom. The zero-order valence-electron chi connectivity index (χ0n) is 14.8. The van der Waals surface area contributed by atoms with Crippen LogP contribution in [0.25, 0.3) is 16.9 Å². The summed E-state index contributed by atoms with van der Waals surface area (Å²) < 4.78 is 30.6. The molecule has 4 rings (SSSR count). The van der Waals surface area contributed by atoms with Gasteiger partial charge in [-0.15, -0.1) is 5.10 Å². The topological polar surface area (TPSA) is 87.2 Å². The highest BCUT2D eigenvalue weighted by Crippen LogP contribution is 2.29. The number of hydrogen-bond donors (Lipinski definition) is 1. The summed E-state index contributed by atoms with van der Waals surface area (Å²) in [4.78, 5) is 0.0467. The highest BCUT2D eigenvalue weighted by atomic mass is 32.2. The van der Waals surface area contributed by atoms with Gasteiger partial charge in [-0.3, -0.25) is 0 Å². The number of nitrogens with two attached hydrogens (primary N) is 1. The van der Waals surface area contributed by atoms with Crippen LogP contribution >= 0.6 is 0 Å². The van der Waals surface area contributed by atoms with Gasteiger partial charge in [0.05, 0.1) is 16.3 Å². The van der Waals surface area contributed by atoms with E-state index in [1.807, 2.05) is 66.7 Å². The van der Waals surface area contributed by atoms with E-state index in [9.17, 15) is 8.42 Å². The number of rotatable bonds is 5. The first-order valence-electron chi connectivity index (χ1n) is 8.52. The molecule has 140 valence electrons. The van der Waals surface area contributed by atoms with Crippen molar-refractivity contribution in [3.63, 3.8) is 0 Å². The maximum atomic E-state index is 11.5. The van der Waals surface area contributed by atoms with E-state index in [4.69, 9.17) is 9.88 Å². The number of hydrogen-bond acceptors (Lipinski definition) is 4. The summed E-state index contributed by atoms with van der Waals surface area (Å²) in [6, 6.07) is 27.2. The molecule has 0 aliphatic carbocycles. The minimum absolute atomic E-state index is 0.0467. The molecule has 2 N–H and O–H groups in total. The second-order valence-corrected chi connectivity index (χ2v) is 7.66. The molecule has 0 amide bonds. The van der Waals surface area contributed by atoms with Gasteiger partial charge in [0.15, 0.2) is 0 Å². The number of para-hydroxylation sites is 1. The molecule has 4 aromatic rings. The first-order chi connectivity index (χ1) is 13.5. The molecule has 7 heteroatoms. The van der Waals surface area contributed by atoms with Crippen LogP contribution in [0.1, 0.15) is 0 Å². The summed E-state index contributed by atoms with van der Waals surface area (Å²) >= 11 is 0. The Balaban J connectivity index is 1.78.